The number of hydrogen-bond acceptors (Lipinski definition) is 4. The van der Waals surface area contributed by atoms with Gasteiger partial charge in [0, 0.05) is 6.04 Å². The summed E-state index contributed by atoms with van der Waals surface area (Å²) in [5.74, 6) is -0.128. The van der Waals surface area contributed by atoms with Crippen molar-refractivity contribution in [3.05, 3.63) is 0 Å². The summed E-state index contributed by atoms with van der Waals surface area (Å²) in [4.78, 5) is 14.8. The molecule has 0 aromatic carbocycles. The molecular weight excluding hydrogens is 264 g/mol. The van der Waals surface area contributed by atoms with Crippen LogP contribution in [0.25, 0.3) is 0 Å². The molecule has 4 heteroatoms. The fourth-order valence-corrected chi connectivity index (χ4v) is 2.69. The molecule has 0 fully saturated rings. The summed E-state index contributed by atoms with van der Waals surface area (Å²) in [7, 11) is 0. The van der Waals surface area contributed by atoms with E-state index < -0.39 is 5.54 Å². The molecule has 2 unspecified atom stereocenters. The van der Waals surface area contributed by atoms with Crippen LogP contribution in [-0.4, -0.2) is 48.7 Å². The van der Waals surface area contributed by atoms with E-state index in [1.54, 1.807) is 0 Å². The zero-order chi connectivity index (χ0) is 16.3. The van der Waals surface area contributed by atoms with E-state index in [0.717, 1.165) is 32.5 Å². The lowest BCUT2D eigenvalue weighted by Gasteiger charge is -2.36. The Balaban J connectivity index is 4.79. The van der Waals surface area contributed by atoms with Crippen LogP contribution in [-0.2, 0) is 9.53 Å². The minimum Gasteiger partial charge on any atom is -0.465 e. The molecule has 0 aromatic heterocycles. The largest absolute Gasteiger partial charge is 0.465 e. The molecule has 0 radical (unpaired) electrons. The Labute approximate surface area is 131 Å². The lowest BCUT2D eigenvalue weighted by Crippen LogP contribution is -2.54. The number of ether oxygens (including phenoxy) is 1. The third-order valence-electron chi connectivity index (χ3n) is 4.02. The predicted molar refractivity (Wildman–Crippen MR) is 89.6 cm³/mol. The number of unbranched alkanes of at least 4 members (excludes halogenated alkanes) is 1. The van der Waals surface area contributed by atoms with Crippen LogP contribution in [0.1, 0.15) is 67.2 Å². The van der Waals surface area contributed by atoms with Crippen LogP contribution in [0.4, 0.5) is 0 Å². The van der Waals surface area contributed by atoms with Gasteiger partial charge >= 0.3 is 5.97 Å². The number of nitrogens with zero attached hydrogens (tertiary/aromatic N) is 1. The van der Waals surface area contributed by atoms with Crippen molar-refractivity contribution >= 4 is 5.97 Å². The number of nitrogens with one attached hydrogen (secondary N) is 1. The van der Waals surface area contributed by atoms with Crippen LogP contribution in [0.5, 0.6) is 0 Å². The number of esters is 1. The van der Waals surface area contributed by atoms with Crippen molar-refractivity contribution in [1.82, 2.24) is 10.2 Å². The molecule has 0 saturated heterocycles. The fraction of sp³-hybridized carbons (Fsp3) is 0.941. The molecule has 0 rings (SSSR count). The van der Waals surface area contributed by atoms with Gasteiger partial charge in [-0.05, 0) is 59.7 Å². The highest BCUT2D eigenvalue weighted by Crippen LogP contribution is 2.19. The van der Waals surface area contributed by atoms with Crippen molar-refractivity contribution in [1.29, 1.82) is 0 Å². The van der Waals surface area contributed by atoms with Gasteiger partial charge in [0.2, 0.25) is 0 Å². The van der Waals surface area contributed by atoms with E-state index in [0.29, 0.717) is 12.6 Å². The van der Waals surface area contributed by atoms with E-state index in [-0.39, 0.29) is 5.97 Å². The molecule has 0 bridgehead atoms. The van der Waals surface area contributed by atoms with Gasteiger partial charge in [0.25, 0.3) is 0 Å². The molecule has 2 atom stereocenters. The average Bonchev–Trinajstić information content (AvgIpc) is 2.46. The third-order valence-corrected chi connectivity index (χ3v) is 4.02. The topological polar surface area (TPSA) is 41.6 Å². The van der Waals surface area contributed by atoms with Gasteiger partial charge in [0.05, 0.1) is 6.61 Å². The molecule has 0 aliphatic rings. The second kappa shape index (κ2) is 11.0. The fourth-order valence-electron chi connectivity index (χ4n) is 2.69. The zero-order valence-corrected chi connectivity index (χ0v) is 15.0. The maximum Gasteiger partial charge on any atom is 0.326 e. The molecule has 0 amide bonds. The quantitative estimate of drug-likeness (QED) is 0.562. The van der Waals surface area contributed by atoms with Gasteiger partial charge in [-0.15, -0.1) is 0 Å². The Bertz CT molecular complexity index is 284. The number of rotatable bonds is 12. The van der Waals surface area contributed by atoms with Crippen molar-refractivity contribution in [2.75, 3.05) is 26.2 Å². The summed E-state index contributed by atoms with van der Waals surface area (Å²) >= 11 is 0. The number of carbonyl (C=O) groups excluding carboxylic acids is 1. The molecule has 1 N–H and O–H groups in total. The SMILES string of the molecule is CCCCN(CC)C(C)CC(C)(NCCC)C(=O)OCC. The highest BCUT2D eigenvalue weighted by atomic mass is 16.5. The van der Waals surface area contributed by atoms with Gasteiger partial charge in [0.15, 0.2) is 0 Å². The van der Waals surface area contributed by atoms with E-state index in [4.69, 9.17) is 4.74 Å². The molecule has 0 aliphatic heterocycles. The molecule has 0 aliphatic carbocycles. The number of hydrogen-bond donors (Lipinski definition) is 1. The normalized spacial score (nSPS) is 15.8. The second-order valence-electron chi connectivity index (χ2n) is 6.01. The van der Waals surface area contributed by atoms with E-state index in [1.807, 2.05) is 13.8 Å². The van der Waals surface area contributed by atoms with Gasteiger partial charge in [-0.25, -0.2) is 0 Å². The van der Waals surface area contributed by atoms with Crippen molar-refractivity contribution in [3.63, 3.8) is 0 Å². The van der Waals surface area contributed by atoms with Crippen LogP contribution >= 0.6 is 0 Å². The minimum atomic E-state index is -0.592. The first-order valence-electron chi connectivity index (χ1n) is 8.61. The first-order chi connectivity index (χ1) is 9.95. The van der Waals surface area contributed by atoms with Crippen molar-refractivity contribution in [2.24, 2.45) is 0 Å². The minimum absolute atomic E-state index is 0.128. The lowest BCUT2D eigenvalue weighted by atomic mass is 9.92. The van der Waals surface area contributed by atoms with Crippen LogP contribution in [0.15, 0.2) is 0 Å². The maximum absolute atomic E-state index is 12.3. The Hall–Kier alpha value is -0.610. The molecule has 4 nitrogen and oxygen atoms in total. The van der Waals surface area contributed by atoms with Gasteiger partial charge < -0.3 is 15.0 Å². The first-order valence-corrected chi connectivity index (χ1v) is 8.61. The maximum atomic E-state index is 12.3. The van der Waals surface area contributed by atoms with Crippen LogP contribution in [0.2, 0.25) is 0 Å². The van der Waals surface area contributed by atoms with E-state index in [1.165, 1.54) is 12.8 Å². The second-order valence-corrected chi connectivity index (χ2v) is 6.01. The highest BCUT2D eigenvalue weighted by molar-refractivity contribution is 5.80. The predicted octanol–water partition coefficient (Wildman–Crippen LogP) is 3.21. The average molecular weight is 300 g/mol. The van der Waals surface area contributed by atoms with Gasteiger partial charge in [0.1, 0.15) is 5.54 Å². The Morgan fingerprint density at radius 1 is 1.24 bits per heavy atom. The smallest absolute Gasteiger partial charge is 0.326 e. The Kier molecular flexibility index (Phi) is 10.7. The van der Waals surface area contributed by atoms with Crippen LogP contribution in [0.3, 0.4) is 0 Å². The first kappa shape index (κ1) is 20.4. The molecule has 0 aromatic rings. The van der Waals surface area contributed by atoms with Crippen LogP contribution < -0.4 is 5.32 Å². The summed E-state index contributed by atoms with van der Waals surface area (Å²) in [6.07, 6.45) is 4.20. The molecular formula is C17H36N2O2. The van der Waals surface area contributed by atoms with Crippen molar-refractivity contribution in [3.8, 4) is 0 Å². The Morgan fingerprint density at radius 3 is 2.38 bits per heavy atom. The number of carbonyl (C=O) groups is 1. The standard InChI is InChI=1S/C17H36N2O2/c1-7-11-13-19(9-3)15(5)14-17(6,18-12-8-2)16(20)21-10-4/h15,18H,7-14H2,1-6H3. The van der Waals surface area contributed by atoms with Crippen molar-refractivity contribution < 1.29 is 9.53 Å². The van der Waals surface area contributed by atoms with E-state index >= 15 is 0 Å². The van der Waals surface area contributed by atoms with Crippen LogP contribution in [0, 0.1) is 0 Å². The summed E-state index contributed by atoms with van der Waals surface area (Å²) < 4.78 is 5.28. The van der Waals surface area contributed by atoms with E-state index in [9.17, 15) is 4.79 Å². The third kappa shape index (κ3) is 7.28. The molecule has 0 heterocycles. The monoisotopic (exact) mass is 300 g/mol. The van der Waals surface area contributed by atoms with Crippen molar-refractivity contribution in [2.45, 2.75) is 78.8 Å². The molecule has 126 valence electrons. The van der Waals surface area contributed by atoms with E-state index in [2.05, 4.69) is 37.9 Å². The summed E-state index contributed by atoms with van der Waals surface area (Å²) in [6, 6.07) is 0.361. The molecule has 0 saturated carbocycles. The molecule has 0 spiro atoms. The van der Waals surface area contributed by atoms with Gasteiger partial charge in [-0.3, -0.25) is 4.79 Å². The zero-order valence-electron chi connectivity index (χ0n) is 15.0. The lowest BCUT2D eigenvalue weighted by molar-refractivity contribution is -0.151. The summed E-state index contributed by atoms with van der Waals surface area (Å²) in [5, 5.41) is 3.40. The summed E-state index contributed by atoms with van der Waals surface area (Å²) in [6.45, 7) is 16.0. The Morgan fingerprint density at radius 2 is 1.90 bits per heavy atom. The highest BCUT2D eigenvalue weighted by Gasteiger charge is 2.36. The van der Waals surface area contributed by atoms with Gasteiger partial charge in [-0.1, -0.05) is 27.2 Å². The summed E-state index contributed by atoms with van der Waals surface area (Å²) in [5.41, 5.74) is -0.592. The van der Waals surface area contributed by atoms with Gasteiger partial charge in [-0.2, -0.15) is 0 Å². The molecule has 21 heavy (non-hydrogen) atoms.